The van der Waals surface area contributed by atoms with Crippen LogP contribution in [0, 0.1) is 29.4 Å². The smallest absolute Gasteiger partial charge is 0.159 e. The maximum atomic E-state index is 13.4. The molecule has 0 radical (unpaired) electrons. The third-order valence-electron chi connectivity index (χ3n) is 5.11. The SMILES string of the molecule is CCNC(Cc1ccc(F)c(F)c1)C1CCC(C)C(C)C1. The van der Waals surface area contributed by atoms with Gasteiger partial charge < -0.3 is 5.32 Å². The topological polar surface area (TPSA) is 12.0 Å². The van der Waals surface area contributed by atoms with E-state index in [1.165, 1.54) is 31.4 Å². The fraction of sp³-hybridized carbons (Fsp3) is 0.667. The predicted molar refractivity (Wildman–Crippen MR) is 83.2 cm³/mol. The molecule has 1 nitrogen and oxygen atoms in total. The van der Waals surface area contributed by atoms with E-state index in [9.17, 15) is 8.78 Å². The summed E-state index contributed by atoms with van der Waals surface area (Å²) in [6.07, 6.45) is 4.50. The van der Waals surface area contributed by atoms with Crippen LogP contribution in [0.25, 0.3) is 0 Å². The summed E-state index contributed by atoms with van der Waals surface area (Å²) >= 11 is 0. The van der Waals surface area contributed by atoms with Crippen LogP contribution in [0.5, 0.6) is 0 Å². The molecule has 21 heavy (non-hydrogen) atoms. The van der Waals surface area contributed by atoms with Crippen molar-refractivity contribution >= 4 is 0 Å². The Bertz CT molecular complexity index is 461. The van der Waals surface area contributed by atoms with Gasteiger partial charge >= 0.3 is 0 Å². The van der Waals surface area contributed by atoms with Crippen LogP contribution >= 0.6 is 0 Å². The zero-order chi connectivity index (χ0) is 15.4. The normalized spacial score (nSPS) is 27.6. The zero-order valence-corrected chi connectivity index (χ0v) is 13.3. The summed E-state index contributed by atoms with van der Waals surface area (Å²) in [5.41, 5.74) is 0.881. The van der Waals surface area contributed by atoms with Gasteiger partial charge in [-0.2, -0.15) is 0 Å². The molecule has 0 aromatic heterocycles. The van der Waals surface area contributed by atoms with E-state index in [-0.39, 0.29) is 0 Å². The molecule has 1 fully saturated rings. The molecule has 4 atom stereocenters. The Morgan fingerprint density at radius 3 is 2.52 bits per heavy atom. The van der Waals surface area contributed by atoms with E-state index in [0.717, 1.165) is 30.4 Å². The van der Waals surface area contributed by atoms with Crippen molar-refractivity contribution in [1.82, 2.24) is 5.32 Å². The predicted octanol–water partition coefficient (Wildman–Crippen LogP) is 4.56. The van der Waals surface area contributed by atoms with Crippen molar-refractivity contribution < 1.29 is 8.78 Å². The van der Waals surface area contributed by atoms with Gasteiger partial charge in [0.15, 0.2) is 11.6 Å². The molecule has 0 aliphatic heterocycles. The highest BCUT2D eigenvalue weighted by Crippen LogP contribution is 2.35. The van der Waals surface area contributed by atoms with Gasteiger partial charge in [-0.05, 0) is 61.3 Å². The van der Waals surface area contributed by atoms with Crippen LogP contribution in [-0.4, -0.2) is 12.6 Å². The van der Waals surface area contributed by atoms with Gasteiger partial charge in [-0.3, -0.25) is 0 Å². The quantitative estimate of drug-likeness (QED) is 0.840. The highest BCUT2D eigenvalue weighted by molar-refractivity contribution is 5.19. The third kappa shape index (κ3) is 4.26. The fourth-order valence-corrected chi connectivity index (χ4v) is 3.54. The van der Waals surface area contributed by atoms with Crippen molar-refractivity contribution in [2.45, 2.75) is 52.5 Å². The lowest BCUT2D eigenvalue weighted by Crippen LogP contribution is -2.41. The van der Waals surface area contributed by atoms with Gasteiger partial charge in [0.25, 0.3) is 0 Å². The summed E-state index contributed by atoms with van der Waals surface area (Å²) in [6, 6.07) is 4.64. The minimum atomic E-state index is -0.765. The monoisotopic (exact) mass is 295 g/mol. The minimum Gasteiger partial charge on any atom is -0.314 e. The highest BCUT2D eigenvalue weighted by Gasteiger charge is 2.29. The van der Waals surface area contributed by atoms with Gasteiger partial charge in [-0.15, -0.1) is 0 Å². The van der Waals surface area contributed by atoms with Crippen molar-refractivity contribution in [3.05, 3.63) is 35.4 Å². The fourth-order valence-electron chi connectivity index (χ4n) is 3.54. The lowest BCUT2D eigenvalue weighted by atomic mass is 9.72. The van der Waals surface area contributed by atoms with Gasteiger partial charge in [-0.1, -0.05) is 33.3 Å². The average molecular weight is 295 g/mol. The van der Waals surface area contributed by atoms with Crippen molar-refractivity contribution in [2.24, 2.45) is 17.8 Å². The maximum absolute atomic E-state index is 13.4. The Hall–Kier alpha value is -0.960. The molecule has 118 valence electrons. The molecule has 1 aromatic carbocycles. The summed E-state index contributed by atoms with van der Waals surface area (Å²) in [5.74, 6) is 0.665. The summed E-state index contributed by atoms with van der Waals surface area (Å²) in [6.45, 7) is 7.68. The van der Waals surface area contributed by atoms with E-state index in [4.69, 9.17) is 0 Å². The first-order valence-corrected chi connectivity index (χ1v) is 8.18. The first-order chi connectivity index (χ1) is 10.0. The van der Waals surface area contributed by atoms with E-state index in [0.29, 0.717) is 12.0 Å². The van der Waals surface area contributed by atoms with Gasteiger partial charge in [0.05, 0.1) is 0 Å². The molecular weight excluding hydrogens is 268 g/mol. The summed E-state index contributed by atoms with van der Waals surface area (Å²) in [7, 11) is 0. The first-order valence-electron chi connectivity index (χ1n) is 8.18. The molecule has 1 N–H and O–H groups in total. The molecule has 3 heteroatoms. The number of nitrogens with one attached hydrogen (secondary N) is 1. The van der Waals surface area contributed by atoms with E-state index in [1.54, 1.807) is 6.07 Å². The number of hydrogen-bond acceptors (Lipinski definition) is 1. The molecule has 0 saturated heterocycles. The zero-order valence-electron chi connectivity index (χ0n) is 13.3. The third-order valence-corrected chi connectivity index (χ3v) is 5.11. The standard InChI is InChI=1S/C18H27F2N/c1-4-21-18(15-7-5-12(2)13(3)9-15)11-14-6-8-16(19)17(20)10-14/h6,8,10,12-13,15,18,21H,4-5,7,9,11H2,1-3H3. The molecule has 4 unspecified atom stereocenters. The second-order valence-electron chi connectivity index (χ2n) is 6.64. The number of benzene rings is 1. The van der Waals surface area contributed by atoms with Crippen molar-refractivity contribution in [2.75, 3.05) is 6.54 Å². The van der Waals surface area contributed by atoms with E-state index in [1.807, 2.05) is 0 Å². The van der Waals surface area contributed by atoms with Crippen LogP contribution < -0.4 is 5.32 Å². The van der Waals surface area contributed by atoms with E-state index < -0.39 is 11.6 Å². The molecule has 1 aromatic rings. The van der Waals surface area contributed by atoms with Crippen molar-refractivity contribution in [3.8, 4) is 0 Å². The van der Waals surface area contributed by atoms with Crippen LogP contribution in [0.2, 0.25) is 0 Å². The van der Waals surface area contributed by atoms with Gasteiger partial charge in [-0.25, -0.2) is 8.78 Å². The molecule has 0 spiro atoms. The molecule has 1 aliphatic rings. The lowest BCUT2D eigenvalue weighted by Gasteiger charge is -2.37. The maximum Gasteiger partial charge on any atom is 0.159 e. The second kappa shape index (κ2) is 7.35. The van der Waals surface area contributed by atoms with Crippen LogP contribution in [0.15, 0.2) is 18.2 Å². The lowest BCUT2D eigenvalue weighted by molar-refractivity contribution is 0.171. The molecule has 1 aliphatic carbocycles. The summed E-state index contributed by atoms with van der Waals surface area (Å²) < 4.78 is 26.4. The Balaban J connectivity index is 2.06. The number of rotatable bonds is 5. The van der Waals surface area contributed by atoms with Crippen LogP contribution in [0.4, 0.5) is 8.78 Å². The molecular formula is C18H27F2N. The largest absolute Gasteiger partial charge is 0.314 e. The molecule has 2 rings (SSSR count). The van der Waals surface area contributed by atoms with E-state index in [2.05, 4.69) is 26.1 Å². The van der Waals surface area contributed by atoms with Crippen LogP contribution in [0.3, 0.4) is 0 Å². The van der Waals surface area contributed by atoms with Crippen LogP contribution in [-0.2, 0) is 6.42 Å². The van der Waals surface area contributed by atoms with Crippen molar-refractivity contribution in [3.63, 3.8) is 0 Å². The van der Waals surface area contributed by atoms with Crippen LogP contribution in [0.1, 0.15) is 45.6 Å². The summed E-state index contributed by atoms with van der Waals surface area (Å²) in [5, 5.41) is 3.55. The molecule has 1 saturated carbocycles. The van der Waals surface area contributed by atoms with Gasteiger partial charge in [0, 0.05) is 6.04 Å². The second-order valence-corrected chi connectivity index (χ2v) is 6.64. The Morgan fingerprint density at radius 1 is 1.14 bits per heavy atom. The highest BCUT2D eigenvalue weighted by atomic mass is 19.2. The Morgan fingerprint density at radius 2 is 1.90 bits per heavy atom. The van der Waals surface area contributed by atoms with Gasteiger partial charge in [0.1, 0.15) is 0 Å². The van der Waals surface area contributed by atoms with Gasteiger partial charge in [0.2, 0.25) is 0 Å². The minimum absolute atomic E-state index is 0.356. The van der Waals surface area contributed by atoms with E-state index >= 15 is 0 Å². The molecule has 0 heterocycles. The number of halogens is 2. The number of likely N-dealkylation sites (N-methyl/N-ethyl adjacent to an activating group) is 1. The summed E-state index contributed by atoms with van der Waals surface area (Å²) in [4.78, 5) is 0. The Labute approximate surface area is 127 Å². The molecule has 0 amide bonds. The first kappa shape index (κ1) is 16.4. The van der Waals surface area contributed by atoms with Crippen molar-refractivity contribution in [1.29, 1.82) is 0 Å². The number of hydrogen-bond donors (Lipinski definition) is 1. The Kier molecular flexibility index (Phi) is 5.74. The molecule has 0 bridgehead atoms. The average Bonchev–Trinajstić information content (AvgIpc) is 2.45.